The molecule has 1 fully saturated rings. The molecule has 0 amide bonds. The predicted octanol–water partition coefficient (Wildman–Crippen LogP) is 5.08. The first kappa shape index (κ1) is 14.4. The lowest BCUT2D eigenvalue weighted by molar-refractivity contribution is 0.672. The second-order valence-electron chi connectivity index (χ2n) is 5.02. The van der Waals surface area contributed by atoms with Crippen LogP contribution >= 0.6 is 39.1 Å². The van der Waals surface area contributed by atoms with Crippen LogP contribution in [0.3, 0.4) is 0 Å². The van der Waals surface area contributed by atoms with Crippen LogP contribution < -0.4 is 0 Å². The number of aromatic nitrogens is 3. The van der Waals surface area contributed by atoms with E-state index in [9.17, 15) is 0 Å². The summed E-state index contributed by atoms with van der Waals surface area (Å²) < 4.78 is 2.62. The summed E-state index contributed by atoms with van der Waals surface area (Å²) in [4.78, 5) is 4.35. The van der Waals surface area contributed by atoms with Crippen molar-refractivity contribution in [2.75, 3.05) is 0 Å². The number of hydrogen-bond acceptors (Lipinski definition) is 2. The van der Waals surface area contributed by atoms with Crippen molar-refractivity contribution in [2.45, 2.75) is 37.5 Å². The van der Waals surface area contributed by atoms with Crippen LogP contribution in [0.5, 0.6) is 0 Å². The van der Waals surface area contributed by atoms with E-state index in [1.54, 1.807) is 10.9 Å². The zero-order valence-corrected chi connectivity index (χ0v) is 13.9. The van der Waals surface area contributed by atoms with Crippen LogP contribution in [0.15, 0.2) is 22.8 Å². The van der Waals surface area contributed by atoms with Crippen LogP contribution in [0.4, 0.5) is 0 Å². The normalized spacial score (nSPS) is 15.9. The monoisotopic (exact) mass is 373 g/mol. The highest BCUT2D eigenvalue weighted by molar-refractivity contribution is 9.10. The maximum absolute atomic E-state index is 6.45. The van der Waals surface area contributed by atoms with Crippen LogP contribution in [0.25, 0.3) is 5.82 Å². The third-order valence-electron chi connectivity index (χ3n) is 3.76. The zero-order chi connectivity index (χ0) is 14.1. The van der Waals surface area contributed by atoms with Gasteiger partial charge in [-0.1, -0.05) is 24.4 Å². The number of nitrogens with zero attached hydrogens (tertiary/aromatic N) is 3. The second-order valence-corrected chi connectivity index (χ2v) is 6.56. The van der Waals surface area contributed by atoms with E-state index in [4.69, 9.17) is 23.2 Å². The van der Waals surface area contributed by atoms with Crippen molar-refractivity contribution in [1.29, 1.82) is 0 Å². The summed E-state index contributed by atoms with van der Waals surface area (Å²) in [7, 11) is 0. The van der Waals surface area contributed by atoms with Crippen LogP contribution in [0, 0.1) is 0 Å². The molecule has 0 atom stereocenters. The Kier molecular flexibility index (Phi) is 4.34. The van der Waals surface area contributed by atoms with E-state index in [1.165, 1.54) is 25.7 Å². The average molecular weight is 375 g/mol. The van der Waals surface area contributed by atoms with Crippen molar-refractivity contribution in [3.8, 4) is 5.82 Å². The Morgan fingerprint density at radius 3 is 2.65 bits per heavy atom. The molecule has 1 aliphatic carbocycles. The van der Waals surface area contributed by atoms with Gasteiger partial charge in [-0.2, -0.15) is 5.10 Å². The fraction of sp³-hybridized carbons (Fsp3) is 0.429. The average Bonchev–Trinajstić information content (AvgIpc) is 3.07. The summed E-state index contributed by atoms with van der Waals surface area (Å²) in [5.41, 5.74) is 2.00. The molecule has 0 aliphatic heterocycles. The van der Waals surface area contributed by atoms with E-state index < -0.39 is 0 Å². The molecule has 0 aromatic carbocycles. The lowest BCUT2D eigenvalue weighted by Crippen LogP contribution is -2.01. The molecular weight excluding hydrogens is 361 g/mol. The standard InChI is InChI=1S/C14H14BrCl2N3/c15-10-5-6-12(18-8-10)20-14(17)11(7-16)13(19-20)9-3-1-2-4-9/h5-6,8-9H,1-4,7H2. The van der Waals surface area contributed by atoms with Gasteiger partial charge in [-0.25, -0.2) is 9.67 Å². The van der Waals surface area contributed by atoms with E-state index in [1.807, 2.05) is 12.1 Å². The first-order chi connectivity index (χ1) is 9.70. The molecule has 1 aliphatic rings. The molecule has 6 heteroatoms. The van der Waals surface area contributed by atoms with Gasteiger partial charge < -0.3 is 0 Å². The molecular formula is C14H14BrCl2N3. The van der Waals surface area contributed by atoms with Gasteiger partial charge in [-0.15, -0.1) is 11.6 Å². The number of alkyl halides is 1. The lowest BCUT2D eigenvalue weighted by Gasteiger charge is -2.06. The van der Waals surface area contributed by atoms with Gasteiger partial charge >= 0.3 is 0 Å². The molecule has 0 bridgehead atoms. The molecule has 2 heterocycles. The van der Waals surface area contributed by atoms with E-state index in [2.05, 4.69) is 26.0 Å². The largest absolute Gasteiger partial charge is 0.236 e. The van der Waals surface area contributed by atoms with Crippen molar-refractivity contribution >= 4 is 39.1 Å². The molecule has 0 radical (unpaired) electrons. The van der Waals surface area contributed by atoms with Gasteiger partial charge in [0.15, 0.2) is 5.82 Å². The molecule has 0 unspecified atom stereocenters. The first-order valence-electron chi connectivity index (χ1n) is 6.66. The minimum Gasteiger partial charge on any atom is -0.236 e. The molecule has 1 saturated carbocycles. The summed E-state index contributed by atoms with van der Waals surface area (Å²) in [5.74, 6) is 1.59. The summed E-state index contributed by atoms with van der Waals surface area (Å²) in [6, 6.07) is 3.81. The van der Waals surface area contributed by atoms with Crippen molar-refractivity contribution in [1.82, 2.24) is 14.8 Å². The Morgan fingerprint density at radius 2 is 2.05 bits per heavy atom. The Balaban J connectivity index is 2.05. The summed E-state index contributed by atoms with van der Waals surface area (Å²) in [5, 5.41) is 5.27. The van der Waals surface area contributed by atoms with Gasteiger partial charge in [-0.3, -0.25) is 0 Å². The van der Waals surface area contributed by atoms with Gasteiger partial charge in [0.2, 0.25) is 0 Å². The maximum Gasteiger partial charge on any atom is 0.155 e. The maximum atomic E-state index is 6.45. The number of halogens is 3. The number of hydrogen-bond donors (Lipinski definition) is 0. The highest BCUT2D eigenvalue weighted by Crippen LogP contribution is 2.38. The number of pyridine rings is 1. The fourth-order valence-corrected chi connectivity index (χ4v) is 3.60. The molecule has 3 rings (SSSR count). The Hall–Kier alpha value is -0.580. The summed E-state index contributed by atoms with van der Waals surface area (Å²) in [6.07, 6.45) is 6.60. The topological polar surface area (TPSA) is 30.7 Å². The first-order valence-corrected chi connectivity index (χ1v) is 8.36. The van der Waals surface area contributed by atoms with E-state index in [0.29, 0.717) is 22.8 Å². The van der Waals surface area contributed by atoms with Gasteiger partial charge in [-0.05, 0) is 40.9 Å². The molecule has 3 nitrogen and oxygen atoms in total. The molecule has 2 aromatic rings. The van der Waals surface area contributed by atoms with Crippen LogP contribution in [-0.2, 0) is 5.88 Å². The third-order valence-corrected chi connectivity index (χ3v) is 4.88. The lowest BCUT2D eigenvalue weighted by atomic mass is 10.0. The van der Waals surface area contributed by atoms with Gasteiger partial charge in [0, 0.05) is 22.2 Å². The molecule has 0 spiro atoms. The third kappa shape index (κ3) is 2.61. The molecule has 106 valence electrons. The van der Waals surface area contributed by atoms with Crippen LogP contribution in [0.2, 0.25) is 5.15 Å². The minimum absolute atomic E-state index is 0.390. The van der Waals surface area contributed by atoms with E-state index in [0.717, 1.165) is 15.7 Å². The molecule has 0 saturated heterocycles. The molecule has 2 aromatic heterocycles. The Morgan fingerprint density at radius 1 is 1.30 bits per heavy atom. The predicted molar refractivity (Wildman–Crippen MR) is 84.8 cm³/mol. The summed E-state index contributed by atoms with van der Waals surface area (Å²) >= 11 is 15.9. The Bertz CT molecular complexity index is 604. The van der Waals surface area contributed by atoms with Gasteiger partial charge in [0.05, 0.1) is 11.6 Å². The molecule has 0 N–H and O–H groups in total. The summed E-state index contributed by atoms with van der Waals surface area (Å²) in [6.45, 7) is 0. The van der Waals surface area contributed by atoms with Crippen molar-refractivity contribution < 1.29 is 0 Å². The van der Waals surface area contributed by atoms with Crippen LogP contribution in [-0.4, -0.2) is 14.8 Å². The quantitative estimate of drug-likeness (QED) is 0.701. The van der Waals surface area contributed by atoms with E-state index in [-0.39, 0.29) is 0 Å². The van der Waals surface area contributed by atoms with Crippen molar-refractivity contribution in [2.24, 2.45) is 0 Å². The van der Waals surface area contributed by atoms with E-state index >= 15 is 0 Å². The SMILES string of the molecule is ClCc1c(C2CCCC2)nn(-c2ccc(Br)cn2)c1Cl. The fourth-order valence-electron chi connectivity index (χ4n) is 2.74. The second kappa shape index (κ2) is 6.04. The van der Waals surface area contributed by atoms with Crippen molar-refractivity contribution in [3.63, 3.8) is 0 Å². The molecule has 20 heavy (non-hydrogen) atoms. The Labute approximate surface area is 136 Å². The van der Waals surface area contributed by atoms with Gasteiger partial charge in [0.25, 0.3) is 0 Å². The van der Waals surface area contributed by atoms with Crippen LogP contribution in [0.1, 0.15) is 42.9 Å². The minimum atomic E-state index is 0.390. The number of rotatable bonds is 3. The van der Waals surface area contributed by atoms with Gasteiger partial charge in [0.1, 0.15) is 5.15 Å². The zero-order valence-electron chi connectivity index (χ0n) is 10.8. The smallest absolute Gasteiger partial charge is 0.155 e. The highest BCUT2D eigenvalue weighted by Gasteiger charge is 2.26. The highest BCUT2D eigenvalue weighted by atomic mass is 79.9. The van der Waals surface area contributed by atoms with Crippen molar-refractivity contribution in [3.05, 3.63) is 39.2 Å².